The first-order chi connectivity index (χ1) is 13.7. The number of nitrogens with one attached hydrogen (secondary N) is 1. The van der Waals surface area contributed by atoms with Crippen LogP contribution in [0.2, 0.25) is 10.0 Å². The number of carbonyl (C=O) groups is 2. The number of nitrogens with zero attached hydrogens (tertiary/aromatic N) is 1. The molecule has 2 aromatic carbocycles. The van der Waals surface area contributed by atoms with Gasteiger partial charge in [-0.3, -0.25) is 9.59 Å². The normalized spacial score (nSPS) is 12.9. The Hall–Kier alpha value is -2.04. The van der Waals surface area contributed by atoms with E-state index in [1.54, 1.807) is 30.0 Å². The van der Waals surface area contributed by atoms with Crippen molar-refractivity contribution in [2.45, 2.75) is 59.2 Å². The fourth-order valence-corrected chi connectivity index (χ4v) is 3.18. The molecule has 0 bridgehead atoms. The number of rotatable bonds is 8. The smallest absolute Gasteiger partial charge is 0.242 e. The number of hydrogen-bond donors (Lipinski definition) is 1. The van der Waals surface area contributed by atoms with E-state index in [-0.39, 0.29) is 24.3 Å². The first kappa shape index (κ1) is 23.2. The lowest BCUT2D eigenvalue weighted by atomic mass is 10.1. The summed E-state index contributed by atoms with van der Waals surface area (Å²) >= 11 is 12.1. The van der Waals surface area contributed by atoms with Crippen LogP contribution >= 0.6 is 23.2 Å². The third kappa shape index (κ3) is 6.76. The summed E-state index contributed by atoms with van der Waals surface area (Å²) in [6, 6.07) is 12.6. The second-order valence-electron chi connectivity index (χ2n) is 7.43. The monoisotopic (exact) mass is 434 g/mol. The van der Waals surface area contributed by atoms with Crippen molar-refractivity contribution in [3.63, 3.8) is 0 Å². The zero-order chi connectivity index (χ0) is 21.6. The highest BCUT2D eigenvalue weighted by molar-refractivity contribution is 6.42. The summed E-state index contributed by atoms with van der Waals surface area (Å²) in [5.41, 5.74) is 2.87. The molecule has 0 heterocycles. The molecule has 0 radical (unpaired) electrons. The van der Waals surface area contributed by atoms with Gasteiger partial charge in [-0.2, -0.15) is 0 Å². The van der Waals surface area contributed by atoms with E-state index in [1.807, 2.05) is 45.0 Å². The molecule has 0 saturated carbocycles. The molecule has 2 atom stereocenters. The van der Waals surface area contributed by atoms with Gasteiger partial charge in [0, 0.05) is 12.6 Å². The third-order valence-electron chi connectivity index (χ3n) is 4.98. The first-order valence-electron chi connectivity index (χ1n) is 9.80. The summed E-state index contributed by atoms with van der Waals surface area (Å²) in [5, 5.41) is 3.82. The predicted molar refractivity (Wildman–Crippen MR) is 119 cm³/mol. The van der Waals surface area contributed by atoms with Crippen molar-refractivity contribution in [3.05, 3.63) is 69.2 Å². The van der Waals surface area contributed by atoms with Gasteiger partial charge in [-0.1, -0.05) is 66.0 Å². The molecule has 0 fully saturated rings. The molecule has 4 nitrogen and oxygen atoms in total. The van der Waals surface area contributed by atoms with Gasteiger partial charge in [0.25, 0.3) is 0 Å². The summed E-state index contributed by atoms with van der Waals surface area (Å²) in [6.07, 6.45) is 0.970. The van der Waals surface area contributed by atoms with Crippen LogP contribution in [0, 0.1) is 6.92 Å². The molecule has 0 spiro atoms. The Balaban J connectivity index is 2.23. The zero-order valence-corrected chi connectivity index (χ0v) is 18.8. The molecule has 0 unspecified atom stereocenters. The molecule has 6 heteroatoms. The largest absolute Gasteiger partial charge is 0.352 e. The van der Waals surface area contributed by atoms with E-state index in [2.05, 4.69) is 5.32 Å². The van der Waals surface area contributed by atoms with E-state index in [0.717, 1.165) is 23.1 Å². The minimum Gasteiger partial charge on any atom is -0.352 e. The molecular weight excluding hydrogens is 407 g/mol. The highest BCUT2D eigenvalue weighted by atomic mass is 35.5. The maximum Gasteiger partial charge on any atom is 0.242 e. The Kier molecular flexibility index (Phi) is 8.54. The number of halogens is 2. The Morgan fingerprint density at radius 1 is 1.00 bits per heavy atom. The van der Waals surface area contributed by atoms with Crippen LogP contribution in [-0.4, -0.2) is 28.8 Å². The lowest BCUT2D eigenvalue weighted by Gasteiger charge is -2.30. The van der Waals surface area contributed by atoms with Crippen molar-refractivity contribution in [1.29, 1.82) is 0 Å². The van der Waals surface area contributed by atoms with E-state index < -0.39 is 6.04 Å². The summed E-state index contributed by atoms with van der Waals surface area (Å²) < 4.78 is 0. The Morgan fingerprint density at radius 3 is 2.21 bits per heavy atom. The van der Waals surface area contributed by atoms with Crippen LogP contribution in [0.4, 0.5) is 0 Å². The van der Waals surface area contributed by atoms with Gasteiger partial charge in [-0.15, -0.1) is 0 Å². The van der Waals surface area contributed by atoms with Crippen LogP contribution in [0.3, 0.4) is 0 Å². The van der Waals surface area contributed by atoms with Crippen molar-refractivity contribution in [2.24, 2.45) is 0 Å². The predicted octanol–water partition coefficient (Wildman–Crippen LogP) is 5.18. The van der Waals surface area contributed by atoms with Crippen LogP contribution in [0.5, 0.6) is 0 Å². The summed E-state index contributed by atoms with van der Waals surface area (Å²) in [4.78, 5) is 27.5. The molecule has 0 aromatic heterocycles. The topological polar surface area (TPSA) is 49.4 Å². The molecule has 2 rings (SSSR count). The van der Waals surface area contributed by atoms with Gasteiger partial charge in [0.15, 0.2) is 0 Å². The highest BCUT2D eigenvalue weighted by Gasteiger charge is 2.27. The Bertz CT molecular complexity index is 852. The second-order valence-corrected chi connectivity index (χ2v) is 8.24. The third-order valence-corrected chi connectivity index (χ3v) is 5.72. The van der Waals surface area contributed by atoms with E-state index in [1.165, 1.54) is 0 Å². The van der Waals surface area contributed by atoms with E-state index in [4.69, 9.17) is 23.2 Å². The van der Waals surface area contributed by atoms with Gasteiger partial charge in [0.2, 0.25) is 11.8 Å². The standard InChI is InChI=1S/C23H28Cl2N2O2/c1-5-16(3)26-23(29)17(4)27(14-18-8-6-15(2)7-9-18)22(28)13-19-10-11-20(24)21(25)12-19/h6-12,16-17H,5,13-14H2,1-4H3,(H,26,29)/t16-,17-/m0/s1. The maximum atomic E-state index is 13.2. The van der Waals surface area contributed by atoms with Crippen molar-refractivity contribution in [3.8, 4) is 0 Å². The fourth-order valence-electron chi connectivity index (χ4n) is 2.86. The van der Waals surface area contributed by atoms with E-state index in [0.29, 0.717) is 16.6 Å². The van der Waals surface area contributed by atoms with Gasteiger partial charge in [0.1, 0.15) is 6.04 Å². The van der Waals surface area contributed by atoms with Crippen LogP contribution in [-0.2, 0) is 22.6 Å². The molecule has 0 aliphatic rings. The van der Waals surface area contributed by atoms with Gasteiger partial charge < -0.3 is 10.2 Å². The number of hydrogen-bond acceptors (Lipinski definition) is 2. The van der Waals surface area contributed by atoms with Gasteiger partial charge in [-0.25, -0.2) is 0 Å². The van der Waals surface area contributed by atoms with Gasteiger partial charge in [0.05, 0.1) is 16.5 Å². The van der Waals surface area contributed by atoms with Crippen molar-refractivity contribution < 1.29 is 9.59 Å². The van der Waals surface area contributed by atoms with Crippen LogP contribution in [0.25, 0.3) is 0 Å². The van der Waals surface area contributed by atoms with E-state index >= 15 is 0 Å². The first-order valence-corrected chi connectivity index (χ1v) is 10.6. The van der Waals surface area contributed by atoms with Crippen LogP contribution < -0.4 is 5.32 Å². The lowest BCUT2D eigenvalue weighted by molar-refractivity contribution is -0.140. The van der Waals surface area contributed by atoms with Crippen LogP contribution in [0.1, 0.15) is 43.9 Å². The fraction of sp³-hybridized carbons (Fsp3) is 0.391. The molecule has 2 amide bonds. The summed E-state index contributed by atoms with van der Waals surface area (Å²) in [7, 11) is 0. The highest BCUT2D eigenvalue weighted by Crippen LogP contribution is 2.23. The summed E-state index contributed by atoms with van der Waals surface area (Å²) in [5.74, 6) is -0.301. The molecule has 0 saturated heterocycles. The number of aryl methyl sites for hydroxylation is 1. The summed E-state index contributed by atoms with van der Waals surface area (Å²) in [6.45, 7) is 8.09. The van der Waals surface area contributed by atoms with Gasteiger partial charge in [-0.05, 0) is 50.5 Å². The Morgan fingerprint density at radius 2 is 1.62 bits per heavy atom. The minimum atomic E-state index is -0.597. The van der Waals surface area contributed by atoms with Crippen molar-refractivity contribution in [1.82, 2.24) is 10.2 Å². The lowest BCUT2D eigenvalue weighted by Crippen LogP contribution is -2.49. The zero-order valence-electron chi connectivity index (χ0n) is 17.3. The number of carbonyl (C=O) groups excluding carboxylic acids is 2. The quantitative estimate of drug-likeness (QED) is 0.622. The average Bonchev–Trinajstić information content (AvgIpc) is 2.69. The second kappa shape index (κ2) is 10.7. The van der Waals surface area contributed by atoms with Crippen molar-refractivity contribution in [2.75, 3.05) is 0 Å². The average molecular weight is 435 g/mol. The van der Waals surface area contributed by atoms with Crippen molar-refractivity contribution >= 4 is 35.0 Å². The van der Waals surface area contributed by atoms with Crippen LogP contribution in [0.15, 0.2) is 42.5 Å². The molecule has 0 aliphatic heterocycles. The minimum absolute atomic E-state index is 0.0522. The number of benzene rings is 2. The van der Waals surface area contributed by atoms with E-state index in [9.17, 15) is 9.59 Å². The molecule has 29 heavy (non-hydrogen) atoms. The molecule has 156 valence electrons. The molecule has 0 aliphatic carbocycles. The Labute approximate surface area is 183 Å². The molecular formula is C23H28Cl2N2O2. The molecule has 1 N–H and O–H groups in total. The maximum absolute atomic E-state index is 13.2. The van der Waals surface area contributed by atoms with Gasteiger partial charge >= 0.3 is 0 Å². The SMILES string of the molecule is CC[C@H](C)NC(=O)[C@H](C)N(Cc1ccc(C)cc1)C(=O)Cc1ccc(Cl)c(Cl)c1. The molecule has 2 aromatic rings. The number of amides is 2.